The Morgan fingerprint density at radius 1 is 1.15 bits per heavy atom. The second kappa shape index (κ2) is 7.28. The van der Waals surface area contributed by atoms with Crippen LogP contribution in [0, 0.1) is 10.1 Å². The number of nitrogens with one attached hydrogen (secondary N) is 1. The van der Waals surface area contributed by atoms with E-state index in [0.717, 1.165) is 10.3 Å². The maximum absolute atomic E-state index is 12.3. The molecule has 3 aromatic rings. The summed E-state index contributed by atoms with van der Waals surface area (Å²) in [5.41, 5.74) is 4.69. The summed E-state index contributed by atoms with van der Waals surface area (Å²) in [4.78, 5) is 23.1. The number of amides is 1. The largest absolute Gasteiger partial charge is 0.281 e. The van der Waals surface area contributed by atoms with Crippen molar-refractivity contribution in [1.82, 2.24) is 5.43 Å². The first-order valence-corrected chi connectivity index (χ1v) is 9.17. The number of rotatable bonds is 4. The molecule has 27 heavy (non-hydrogen) atoms. The third kappa shape index (κ3) is 4.38. The minimum atomic E-state index is -0.452. The molecule has 0 unspecified atom stereocenters. The molecule has 1 heterocycles. The normalized spacial score (nSPS) is 11.8. The van der Waals surface area contributed by atoms with Crippen LogP contribution >= 0.6 is 11.3 Å². The van der Waals surface area contributed by atoms with Crippen LogP contribution in [0.15, 0.2) is 53.6 Å². The number of nitro groups is 1. The summed E-state index contributed by atoms with van der Waals surface area (Å²) in [7, 11) is 0. The van der Waals surface area contributed by atoms with E-state index in [0.29, 0.717) is 10.3 Å². The molecular weight excluding hydrogens is 362 g/mol. The zero-order valence-electron chi connectivity index (χ0n) is 15.2. The lowest BCUT2D eigenvalue weighted by atomic mass is 9.87. The summed E-state index contributed by atoms with van der Waals surface area (Å²) in [5.74, 6) is -0.346. The summed E-state index contributed by atoms with van der Waals surface area (Å²) in [6.45, 7) is 6.45. The number of nitro benzene ring substituents is 1. The van der Waals surface area contributed by atoms with Crippen molar-refractivity contribution in [1.29, 1.82) is 0 Å². The van der Waals surface area contributed by atoms with Crippen molar-refractivity contribution in [2.75, 3.05) is 0 Å². The molecule has 0 aliphatic rings. The SMILES string of the molecule is CC(C)(C)c1ccc(C=NNC(=O)c2cc3cc([N+](=O)[O-])ccc3s2)cc1. The average Bonchev–Trinajstić information content (AvgIpc) is 3.04. The molecule has 0 spiro atoms. The molecule has 0 atom stereocenters. The van der Waals surface area contributed by atoms with Gasteiger partial charge in [-0.2, -0.15) is 5.10 Å². The molecule has 1 amide bonds. The Bertz CT molecular complexity index is 1030. The molecule has 0 aliphatic heterocycles. The summed E-state index contributed by atoms with van der Waals surface area (Å²) in [5, 5.41) is 15.5. The van der Waals surface area contributed by atoms with E-state index in [1.54, 1.807) is 18.3 Å². The third-order valence-corrected chi connectivity index (χ3v) is 5.21. The molecule has 1 aromatic heterocycles. The van der Waals surface area contributed by atoms with Crippen LogP contribution in [0.2, 0.25) is 0 Å². The van der Waals surface area contributed by atoms with E-state index in [1.807, 2.05) is 24.3 Å². The predicted molar refractivity (Wildman–Crippen MR) is 109 cm³/mol. The van der Waals surface area contributed by atoms with E-state index in [2.05, 4.69) is 31.3 Å². The monoisotopic (exact) mass is 381 g/mol. The minimum Gasteiger partial charge on any atom is -0.266 e. The van der Waals surface area contributed by atoms with E-state index in [9.17, 15) is 14.9 Å². The fraction of sp³-hybridized carbons (Fsp3) is 0.200. The number of hydrogen-bond donors (Lipinski definition) is 1. The van der Waals surface area contributed by atoms with Gasteiger partial charge in [-0.25, -0.2) is 5.43 Å². The zero-order valence-corrected chi connectivity index (χ0v) is 16.0. The van der Waals surface area contributed by atoms with Gasteiger partial charge in [0.05, 0.1) is 16.0 Å². The molecule has 0 saturated heterocycles. The highest BCUT2D eigenvalue weighted by molar-refractivity contribution is 7.20. The Kier molecular flexibility index (Phi) is 5.05. The van der Waals surface area contributed by atoms with E-state index in [1.165, 1.54) is 29.0 Å². The molecule has 3 rings (SSSR count). The molecule has 7 heteroatoms. The van der Waals surface area contributed by atoms with E-state index < -0.39 is 4.92 Å². The van der Waals surface area contributed by atoms with Gasteiger partial charge in [-0.3, -0.25) is 14.9 Å². The maximum Gasteiger partial charge on any atom is 0.281 e. The van der Waals surface area contributed by atoms with E-state index in [-0.39, 0.29) is 17.0 Å². The molecule has 0 bridgehead atoms. The number of hydrogen-bond acceptors (Lipinski definition) is 5. The van der Waals surface area contributed by atoms with Gasteiger partial charge in [0.25, 0.3) is 11.6 Å². The highest BCUT2D eigenvalue weighted by atomic mass is 32.1. The van der Waals surface area contributed by atoms with Gasteiger partial charge in [-0.1, -0.05) is 45.0 Å². The van der Waals surface area contributed by atoms with E-state index >= 15 is 0 Å². The van der Waals surface area contributed by atoms with Crippen LogP contribution in [0.5, 0.6) is 0 Å². The Balaban J connectivity index is 1.69. The maximum atomic E-state index is 12.3. The van der Waals surface area contributed by atoms with E-state index in [4.69, 9.17) is 0 Å². The molecule has 0 aliphatic carbocycles. The van der Waals surface area contributed by atoms with Crippen molar-refractivity contribution in [3.05, 3.63) is 74.6 Å². The summed E-state index contributed by atoms with van der Waals surface area (Å²) < 4.78 is 0.812. The minimum absolute atomic E-state index is 0.00369. The fourth-order valence-corrected chi connectivity index (χ4v) is 3.48. The van der Waals surface area contributed by atoms with Crippen LogP contribution in [0.25, 0.3) is 10.1 Å². The first-order valence-electron chi connectivity index (χ1n) is 8.36. The number of fused-ring (bicyclic) bond motifs is 1. The van der Waals surface area contributed by atoms with Gasteiger partial charge in [0.2, 0.25) is 0 Å². The standard InChI is InChI=1S/C20H19N3O3S/c1-20(2,3)15-6-4-13(5-7-15)12-21-22-19(24)18-11-14-10-16(23(25)26)8-9-17(14)27-18/h4-12H,1-3H3,(H,22,24). The Morgan fingerprint density at radius 2 is 1.85 bits per heavy atom. The Hall–Kier alpha value is -3.06. The summed E-state index contributed by atoms with van der Waals surface area (Å²) in [6.07, 6.45) is 1.59. The van der Waals surface area contributed by atoms with Gasteiger partial charge >= 0.3 is 0 Å². The number of nitrogens with zero attached hydrogens (tertiary/aromatic N) is 2. The number of thiophene rings is 1. The van der Waals surface area contributed by atoms with Gasteiger partial charge < -0.3 is 0 Å². The topological polar surface area (TPSA) is 84.6 Å². The van der Waals surface area contributed by atoms with Crippen LogP contribution in [0.3, 0.4) is 0 Å². The van der Waals surface area contributed by atoms with Crippen LogP contribution < -0.4 is 5.43 Å². The van der Waals surface area contributed by atoms with Crippen molar-refractivity contribution in [3.8, 4) is 0 Å². The molecular formula is C20H19N3O3S. The predicted octanol–water partition coefficient (Wildman–Crippen LogP) is 4.87. The molecule has 2 aromatic carbocycles. The second-order valence-corrected chi connectivity index (χ2v) is 8.24. The number of carbonyl (C=O) groups excluding carboxylic acids is 1. The van der Waals surface area contributed by atoms with Crippen LogP contribution in [0.1, 0.15) is 41.6 Å². The molecule has 6 nitrogen and oxygen atoms in total. The van der Waals surface area contributed by atoms with Crippen molar-refractivity contribution in [2.45, 2.75) is 26.2 Å². The lowest BCUT2D eigenvalue weighted by Crippen LogP contribution is -2.16. The highest BCUT2D eigenvalue weighted by Gasteiger charge is 2.14. The molecule has 1 N–H and O–H groups in total. The van der Waals surface area contributed by atoms with Crippen molar-refractivity contribution in [2.24, 2.45) is 5.10 Å². The van der Waals surface area contributed by atoms with Crippen LogP contribution in [-0.4, -0.2) is 17.0 Å². The average molecular weight is 381 g/mol. The lowest BCUT2D eigenvalue weighted by molar-refractivity contribution is -0.384. The van der Waals surface area contributed by atoms with Crippen molar-refractivity contribution in [3.63, 3.8) is 0 Å². The number of hydrazone groups is 1. The van der Waals surface area contributed by atoms with Crippen LogP contribution in [-0.2, 0) is 5.41 Å². The first kappa shape index (κ1) is 18.7. The first-order chi connectivity index (χ1) is 12.7. The Labute approximate surface area is 160 Å². The second-order valence-electron chi connectivity index (χ2n) is 7.16. The van der Waals surface area contributed by atoms with Gasteiger partial charge in [0, 0.05) is 22.2 Å². The molecule has 0 fully saturated rings. The zero-order chi connectivity index (χ0) is 19.6. The Morgan fingerprint density at radius 3 is 2.48 bits per heavy atom. The van der Waals surface area contributed by atoms with Crippen LogP contribution in [0.4, 0.5) is 5.69 Å². The molecule has 0 saturated carbocycles. The summed E-state index contributed by atoms with van der Waals surface area (Å²) in [6, 6.07) is 14.2. The van der Waals surface area contributed by atoms with Gasteiger partial charge in [-0.15, -0.1) is 11.3 Å². The smallest absolute Gasteiger partial charge is 0.266 e. The van der Waals surface area contributed by atoms with Gasteiger partial charge in [0.15, 0.2) is 0 Å². The lowest BCUT2D eigenvalue weighted by Gasteiger charge is -2.18. The van der Waals surface area contributed by atoms with Gasteiger partial charge in [-0.05, 0) is 28.7 Å². The molecule has 0 radical (unpaired) electrons. The van der Waals surface area contributed by atoms with Crippen molar-refractivity contribution < 1.29 is 9.72 Å². The highest BCUT2D eigenvalue weighted by Crippen LogP contribution is 2.29. The molecule has 138 valence electrons. The van der Waals surface area contributed by atoms with Gasteiger partial charge in [0.1, 0.15) is 0 Å². The van der Waals surface area contributed by atoms with Crippen molar-refractivity contribution >= 4 is 39.2 Å². The number of carbonyl (C=O) groups is 1. The number of benzene rings is 2. The number of non-ortho nitro benzene ring substituents is 1. The quantitative estimate of drug-likeness (QED) is 0.397. The summed E-state index contributed by atoms with van der Waals surface area (Å²) >= 11 is 1.27. The third-order valence-electron chi connectivity index (χ3n) is 4.09. The fourth-order valence-electron chi connectivity index (χ4n) is 2.55.